The van der Waals surface area contributed by atoms with Crippen molar-refractivity contribution in [1.82, 2.24) is 19.7 Å². The van der Waals surface area contributed by atoms with Gasteiger partial charge in [0.15, 0.2) is 0 Å². The maximum atomic E-state index is 12.2. The first-order chi connectivity index (χ1) is 11.7. The molecule has 0 radical (unpaired) electrons. The lowest BCUT2D eigenvalue weighted by atomic mass is 10.2. The molecular weight excluding hydrogens is 306 g/mol. The van der Waals surface area contributed by atoms with Crippen LogP contribution in [0.2, 0.25) is 0 Å². The van der Waals surface area contributed by atoms with Crippen molar-refractivity contribution < 1.29 is 9.59 Å². The monoisotopic (exact) mass is 327 g/mol. The Bertz CT molecular complexity index is 674. The fraction of sp³-hybridized carbons (Fsp3) is 0.412. The van der Waals surface area contributed by atoms with Crippen molar-refractivity contribution in [3.8, 4) is 0 Å². The second-order valence-electron chi connectivity index (χ2n) is 5.95. The molecule has 3 rings (SSSR count). The van der Waals surface area contributed by atoms with Crippen LogP contribution in [-0.2, 0) is 16.1 Å². The van der Waals surface area contributed by atoms with Gasteiger partial charge in [-0.15, -0.1) is 0 Å². The van der Waals surface area contributed by atoms with E-state index in [-0.39, 0.29) is 0 Å². The molecule has 0 unspecified atom stereocenters. The predicted octanol–water partition coefficient (Wildman–Crippen LogP) is 1.67. The Hall–Kier alpha value is -2.70. The van der Waals surface area contributed by atoms with E-state index in [1.807, 2.05) is 12.1 Å². The van der Waals surface area contributed by atoms with Crippen LogP contribution in [-0.4, -0.2) is 44.6 Å². The van der Waals surface area contributed by atoms with E-state index in [2.05, 4.69) is 15.4 Å². The van der Waals surface area contributed by atoms with Gasteiger partial charge in [0.2, 0.25) is 0 Å². The standard InChI is InChI=1S/C17H21N5O2/c23-16(17(24)21-9-3-1-2-4-10-21)20-15-7-5-14(6-8-15)11-22-13-18-12-19-22/h5-8,12-13H,1-4,9-11H2,(H,20,23). The summed E-state index contributed by atoms with van der Waals surface area (Å²) in [4.78, 5) is 29.9. The van der Waals surface area contributed by atoms with Gasteiger partial charge in [-0.25, -0.2) is 9.67 Å². The molecule has 2 amide bonds. The number of nitrogens with one attached hydrogen (secondary N) is 1. The van der Waals surface area contributed by atoms with Gasteiger partial charge in [0, 0.05) is 18.8 Å². The molecule has 0 saturated carbocycles. The number of hydrogen-bond acceptors (Lipinski definition) is 4. The van der Waals surface area contributed by atoms with Crippen LogP contribution in [0, 0.1) is 0 Å². The molecule has 2 heterocycles. The van der Waals surface area contributed by atoms with Crippen molar-refractivity contribution in [1.29, 1.82) is 0 Å². The smallest absolute Gasteiger partial charge is 0.313 e. The van der Waals surface area contributed by atoms with Gasteiger partial charge in [0.1, 0.15) is 12.7 Å². The van der Waals surface area contributed by atoms with Crippen molar-refractivity contribution in [2.75, 3.05) is 18.4 Å². The molecule has 24 heavy (non-hydrogen) atoms. The minimum absolute atomic E-state index is 0.441. The van der Waals surface area contributed by atoms with Gasteiger partial charge in [-0.3, -0.25) is 9.59 Å². The molecule has 0 atom stereocenters. The molecule has 1 N–H and O–H groups in total. The highest BCUT2D eigenvalue weighted by atomic mass is 16.2. The topological polar surface area (TPSA) is 80.1 Å². The molecule has 1 aliphatic heterocycles. The van der Waals surface area contributed by atoms with Crippen LogP contribution >= 0.6 is 0 Å². The van der Waals surface area contributed by atoms with Crippen LogP contribution in [0.3, 0.4) is 0 Å². The normalized spacial score (nSPS) is 14.9. The first kappa shape index (κ1) is 16.2. The third kappa shape index (κ3) is 4.18. The highest BCUT2D eigenvalue weighted by Crippen LogP contribution is 2.13. The summed E-state index contributed by atoms with van der Waals surface area (Å²) in [7, 11) is 0. The Kier molecular flexibility index (Phi) is 5.20. The van der Waals surface area contributed by atoms with Gasteiger partial charge >= 0.3 is 11.8 Å². The molecule has 1 saturated heterocycles. The Morgan fingerprint density at radius 1 is 1.04 bits per heavy atom. The third-order valence-corrected chi connectivity index (χ3v) is 4.11. The second kappa shape index (κ2) is 7.72. The number of likely N-dealkylation sites (tertiary alicyclic amines) is 1. The molecular formula is C17H21N5O2. The molecule has 7 heteroatoms. The number of amides is 2. The maximum absolute atomic E-state index is 12.2. The van der Waals surface area contributed by atoms with E-state index >= 15 is 0 Å². The Balaban J connectivity index is 1.56. The number of rotatable bonds is 3. The molecule has 1 fully saturated rings. The van der Waals surface area contributed by atoms with Gasteiger partial charge in [-0.2, -0.15) is 5.10 Å². The highest BCUT2D eigenvalue weighted by Gasteiger charge is 2.22. The molecule has 1 aliphatic rings. The molecule has 0 spiro atoms. The number of nitrogens with zero attached hydrogens (tertiary/aromatic N) is 4. The molecule has 0 aliphatic carbocycles. The van der Waals surface area contributed by atoms with E-state index in [1.54, 1.807) is 28.0 Å². The summed E-state index contributed by atoms with van der Waals surface area (Å²) in [5.41, 5.74) is 1.66. The van der Waals surface area contributed by atoms with Crippen molar-refractivity contribution in [2.45, 2.75) is 32.2 Å². The summed E-state index contributed by atoms with van der Waals surface area (Å²) in [6.07, 6.45) is 7.32. The minimum atomic E-state index is -0.569. The SMILES string of the molecule is O=C(Nc1ccc(Cn2cncn2)cc1)C(=O)N1CCCCCC1. The Morgan fingerprint density at radius 3 is 2.38 bits per heavy atom. The number of carbonyl (C=O) groups is 2. The van der Waals surface area contributed by atoms with E-state index in [1.165, 1.54) is 6.33 Å². The van der Waals surface area contributed by atoms with Gasteiger partial charge in [-0.05, 0) is 30.5 Å². The lowest BCUT2D eigenvalue weighted by Gasteiger charge is -2.19. The second-order valence-corrected chi connectivity index (χ2v) is 5.95. The average molecular weight is 327 g/mol. The number of aromatic nitrogens is 3. The van der Waals surface area contributed by atoms with Gasteiger partial charge in [0.25, 0.3) is 0 Å². The van der Waals surface area contributed by atoms with Crippen LogP contribution in [0.4, 0.5) is 5.69 Å². The molecule has 1 aromatic carbocycles. The van der Waals surface area contributed by atoms with Crippen molar-refractivity contribution in [2.24, 2.45) is 0 Å². The molecule has 126 valence electrons. The van der Waals surface area contributed by atoms with E-state index in [4.69, 9.17) is 0 Å². The summed E-state index contributed by atoms with van der Waals surface area (Å²) in [5, 5.41) is 6.73. The highest BCUT2D eigenvalue weighted by molar-refractivity contribution is 6.39. The first-order valence-electron chi connectivity index (χ1n) is 8.24. The zero-order valence-electron chi connectivity index (χ0n) is 13.5. The van der Waals surface area contributed by atoms with E-state index < -0.39 is 11.8 Å². The minimum Gasteiger partial charge on any atom is -0.334 e. The van der Waals surface area contributed by atoms with Crippen LogP contribution in [0.1, 0.15) is 31.2 Å². The lowest BCUT2D eigenvalue weighted by molar-refractivity contribution is -0.143. The molecule has 1 aromatic heterocycles. The summed E-state index contributed by atoms with van der Waals surface area (Å²) < 4.78 is 1.72. The predicted molar refractivity (Wildman–Crippen MR) is 89.2 cm³/mol. The summed E-state index contributed by atoms with van der Waals surface area (Å²) in [6, 6.07) is 7.38. The zero-order chi connectivity index (χ0) is 16.8. The van der Waals surface area contributed by atoms with Crippen molar-refractivity contribution in [3.05, 3.63) is 42.5 Å². The lowest BCUT2D eigenvalue weighted by Crippen LogP contribution is -2.40. The Labute approximate surface area is 140 Å². The van der Waals surface area contributed by atoms with Crippen LogP contribution in [0.25, 0.3) is 0 Å². The zero-order valence-corrected chi connectivity index (χ0v) is 13.5. The van der Waals surface area contributed by atoms with Crippen molar-refractivity contribution >= 4 is 17.5 Å². The third-order valence-electron chi connectivity index (χ3n) is 4.11. The summed E-state index contributed by atoms with van der Waals surface area (Å²) in [6.45, 7) is 1.95. The Morgan fingerprint density at radius 2 is 1.75 bits per heavy atom. The summed E-state index contributed by atoms with van der Waals surface area (Å²) >= 11 is 0. The first-order valence-corrected chi connectivity index (χ1v) is 8.24. The number of carbonyl (C=O) groups excluding carboxylic acids is 2. The van der Waals surface area contributed by atoms with Crippen LogP contribution in [0.15, 0.2) is 36.9 Å². The van der Waals surface area contributed by atoms with Crippen LogP contribution in [0.5, 0.6) is 0 Å². The fourth-order valence-electron chi connectivity index (χ4n) is 2.80. The van der Waals surface area contributed by atoms with Crippen molar-refractivity contribution in [3.63, 3.8) is 0 Å². The molecule has 0 bridgehead atoms. The van der Waals surface area contributed by atoms with Gasteiger partial charge < -0.3 is 10.2 Å². The number of anilines is 1. The van der Waals surface area contributed by atoms with E-state index in [0.717, 1.165) is 31.2 Å². The average Bonchev–Trinajstić information content (AvgIpc) is 2.95. The summed E-state index contributed by atoms with van der Waals surface area (Å²) in [5.74, 6) is -1.01. The van der Waals surface area contributed by atoms with Gasteiger partial charge in [0.05, 0.1) is 6.54 Å². The quantitative estimate of drug-likeness (QED) is 0.870. The number of benzene rings is 1. The number of hydrogen-bond donors (Lipinski definition) is 1. The van der Waals surface area contributed by atoms with Gasteiger partial charge in [-0.1, -0.05) is 25.0 Å². The molecule has 2 aromatic rings. The fourth-order valence-corrected chi connectivity index (χ4v) is 2.80. The maximum Gasteiger partial charge on any atom is 0.313 e. The van der Waals surface area contributed by atoms with E-state index in [9.17, 15) is 9.59 Å². The molecule has 7 nitrogen and oxygen atoms in total. The van der Waals surface area contributed by atoms with Crippen LogP contribution < -0.4 is 5.32 Å². The van der Waals surface area contributed by atoms with E-state index in [0.29, 0.717) is 25.3 Å². The largest absolute Gasteiger partial charge is 0.334 e.